The smallest absolute Gasteiger partial charge is 0.0589 e. The Morgan fingerprint density at radius 1 is 1.50 bits per heavy atom. The van der Waals surface area contributed by atoms with Crippen LogP contribution in [0.3, 0.4) is 0 Å². The largest absolute Gasteiger partial charge is 0.260 e. The van der Waals surface area contributed by atoms with Gasteiger partial charge in [0.15, 0.2) is 0 Å². The Morgan fingerprint density at radius 3 is 2.62 bits per heavy atom. The molecule has 1 nitrogen and oxygen atoms in total. The second-order valence-corrected chi connectivity index (χ2v) is 2.05. The lowest BCUT2D eigenvalue weighted by molar-refractivity contribution is 1.20. The molecular formula is C6H6ClN. The van der Waals surface area contributed by atoms with Crippen LogP contribution in [0.5, 0.6) is 0 Å². The third-order valence-corrected chi connectivity index (χ3v) is 1.10. The number of rotatable bonds is 0. The first-order valence-electron chi connectivity index (χ1n) is 2.37. The van der Waals surface area contributed by atoms with Crippen LogP contribution in [0.2, 0.25) is 5.02 Å². The van der Waals surface area contributed by atoms with E-state index in [2.05, 4.69) is 4.98 Å². The summed E-state index contributed by atoms with van der Waals surface area (Å²) < 4.78 is 0. The summed E-state index contributed by atoms with van der Waals surface area (Å²) in [6, 6.07) is 3.70. The van der Waals surface area contributed by atoms with Crippen molar-refractivity contribution < 1.29 is 0 Å². The number of pyridine rings is 1. The van der Waals surface area contributed by atoms with E-state index in [1.54, 1.807) is 6.20 Å². The minimum atomic E-state index is 0.690. The maximum absolute atomic E-state index is 5.55. The van der Waals surface area contributed by atoms with Gasteiger partial charge in [-0.15, -0.1) is 0 Å². The zero-order valence-electron chi connectivity index (χ0n) is 4.56. The van der Waals surface area contributed by atoms with Gasteiger partial charge < -0.3 is 0 Å². The van der Waals surface area contributed by atoms with Gasteiger partial charge in [-0.3, -0.25) is 4.98 Å². The first-order valence-corrected chi connectivity index (χ1v) is 2.75. The fourth-order valence-electron chi connectivity index (χ4n) is 0.450. The van der Waals surface area contributed by atoms with Crippen molar-refractivity contribution >= 4 is 11.6 Å². The van der Waals surface area contributed by atoms with Gasteiger partial charge in [0.2, 0.25) is 0 Å². The van der Waals surface area contributed by atoms with E-state index >= 15 is 0 Å². The van der Waals surface area contributed by atoms with Crippen molar-refractivity contribution in [1.82, 2.24) is 4.98 Å². The summed E-state index contributed by atoms with van der Waals surface area (Å²) in [6.07, 6.45) is 1.64. The SMILES string of the molecule is Cc1ccc(Cl)cn1. The Bertz CT molecular complexity index is 147. The lowest BCUT2D eigenvalue weighted by Crippen LogP contribution is -1.75. The maximum atomic E-state index is 5.55. The minimum absolute atomic E-state index is 0.690. The van der Waals surface area contributed by atoms with Gasteiger partial charge in [-0.2, -0.15) is 0 Å². The summed E-state index contributed by atoms with van der Waals surface area (Å²) in [5, 5.41) is 0.690. The molecule has 1 aromatic rings. The summed E-state index contributed by atoms with van der Waals surface area (Å²) in [5.74, 6) is 0. The molecule has 42 valence electrons. The Morgan fingerprint density at radius 2 is 2.25 bits per heavy atom. The van der Waals surface area contributed by atoms with Crippen LogP contribution >= 0.6 is 11.6 Å². The quantitative estimate of drug-likeness (QED) is 0.520. The van der Waals surface area contributed by atoms with Gasteiger partial charge >= 0.3 is 0 Å². The van der Waals surface area contributed by atoms with Crippen LogP contribution in [0.4, 0.5) is 0 Å². The number of halogens is 1. The predicted molar refractivity (Wildman–Crippen MR) is 34.0 cm³/mol. The molecule has 0 aliphatic carbocycles. The molecule has 0 fully saturated rings. The Hall–Kier alpha value is -0.560. The van der Waals surface area contributed by atoms with Crippen molar-refractivity contribution in [1.29, 1.82) is 0 Å². The van der Waals surface area contributed by atoms with E-state index in [1.165, 1.54) is 0 Å². The number of aromatic nitrogens is 1. The lowest BCUT2D eigenvalue weighted by Gasteiger charge is -1.87. The molecule has 0 aliphatic rings. The van der Waals surface area contributed by atoms with Crippen LogP contribution in [0.15, 0.2) is 18.3 Å². The second-order valence-electron chi connectivity index (χ2n) is 1.62. The van der Waals surface area contributed by atoms with E-state index in [1.807, 2.05) is 19.1 Å². The van der Waals surface area contributed by atoms with E-state index in [4.69, 9.17) is 11.6 Å². The van der Waals surface area contributed by atoms with Gasteiger partial charge in [0.05, 0.1) is 5.02 Å². The molecule has 0 radical (unpaired) electrons. The monoisotopic (exact) mass is 127 g/mol. The molecule has 0 aliphatic heterocycles. The summed E-state index contributed by atoms with van der Waals surface area (Å²) in [4.78, 5) is 3.95. The molecular weight excluding hydrogens is 122 g/mol. The van der Waals surface area contributed by atoms with E-state index in [9.17, 15) is 0 Å². The number of hydrogen-bond donors (Lipinski definition) is 0. The highest BCUT2D eigenvalue weighted by Crippen LogP contribution is 2.04. The van der Waals surface area contributed by atoms with Gasteiger partial charge in [-0.1, -0.05) is 11.6 Å². The highest BCUT2D eigenvalue weighted by atomic mass is 35.5. The molecule has 1 heterocycles. The summed E-state index contributed by atoms with van der Waals surface area (Å²) in [7, 11) is 0. The first-order chi connectivity index (χ1) is 3.79. The minimum Gasteiger partial charge on any atom is -0.260 e. The molecule has 0 unspecified atom stereocenters. The van der Waals surface area contributed by atoms with Crippen LogP contribution in [0, 0.1) is 6.92 Å². The average Bonchev–Trinajstić information content (AvgIpc) is 1.77. The fraction of sp³-hybridized carbons (Fsp3) is 0.167. The Labute approximate surface area is 53.3 Å². The fourth-order valence-corrected chi connectivity index (χ4v) is 0.562. The highest BCUT2D eigenvalue weighted by Gasteiger charge is 1.83. The number of nitrogens with zero attached hydrogens (tertiary/aromatic N) is 1. The van der Waals surface area contributed by atoms with Gasteiger partial charge in [0, 0.05) is 11.9 Å². The van der Waals surface area contributed by atoms with Gasteiger partial charge in [-0.25, -0.2) is 0 Å². The molecule has 0 atom stereocenters. The number of aryl methyl sites for hydroxylation is 1. The number of hydrogen-bond acceptors (Lipinski definition) is 1. The molecule has 2 heteroatoms. The van der Waals surface area contributed by atoms with Crippen molar-refractivity contribution in [3.63, 3.8) is 0 Å². The van der Waals surface area contributed by atoms with Crippen molar-refractivity contribution in [2.24, 2.45) is 0 Å². The molecule has 0 saturated carbocycles. The second kappa shape index (κ2) is 2.14. The topological polar surface area (TPSA) is 12.9 Å². The van der Waals surface area contributed by atoms with E-state index < -0.39 is 0 Å². The molecule has 0 amide bonds. The molecule has 8 heavy (non-hydrogen) atoms. The van der Waals surface area contributed by atoms with Crippen LogP contribution in [-0.4, -0.2) is 4.98 Å². The van der Waals surface area contributed by atoms with Crippen LogP contribution < -0.4 is 0 Å². The molecule has 0 saturated heterocycles. The molecule has 0 bridgehead atoms. The predicted octanol–water partition coefficient (Wildman–Crippen LogP) is 2.04. The van der Waals surface area contributed by atoms with Gasteiger partial charge in [0.1, 0.15) is 0 Å². The zero-order chi connectivity index (χ0) is 5.98. The van der Waals surface area contributed by atoms with Crippen molar-refractivity contribution in [2.45, 2.75) is 6.92 Å². The van der Waals surface area contributed by atoms with Crippen molar-refractivity contribution in [3.05, 3.63) is 29.0 Å². The normalized spacial score (nSPS) is 9.25. The third kappa shape index (κ3) is 1.20. The van der Waals surface area contributed by atoms with Crippen LogP contribution in [-0.2, 0) is 0 Å². The lowest BCUT2D eigenvalue weighted by atomic mass is 10.4. The molecule has 0 N–H and O–H groups in total. The molecule has 0 spiro atoms. The zero-order valence-corrected chi connectivity index (χ0v) is 5.31. The van der Waals surface area contributed by atoms with E-state index in [-0.39, 0.29) is 0 Å². The van der Waals surface area contributed by atoms with Crippen LogP contribution in [0.25, 0.3) is 0 Å². The summed E-state index contributed by atoms with van der Waals surface area (Å²) in [6.45, 7) is 1.93. The molecule has 0 aromatic carbocycles. The van der Waals surface area contributed by atoms with Gasteiger partial charge in [0.25, 0.3) is 0 Å². The standard InChI is InChI=1S/C6H6ClN/c1-5-2-3-6(7)4-8-5/h2-4H,1H3. The Kier molecular flexibility index (Phi) is 1.49. The van der Waals surface area contributed by atoms with Gasteiger partial charge in [-0.05, 0) is 19.1 Å². The summed E-state index contributed by atoms with van der Waals surface area (Å²) >= 11 is 5.55. The molecule has 1 rings (SSSR count). The first kappa shape index (κ1) is 5.57. The third-order valence-electron chi connectivity index (χ3n) is 0.875. The average molecular weight is 128 g/mol. The van der Waals surface area contributed by atoms with Crippen LogP contribution in [0.1, 0.15) is 5.69 Å². The maximum Gasteiger partial charge on any atom is 0.0589 e. The molecule has 1 aromatic heterocycles. The van der Waals surface area contributed by atoms with E-state index in [0.29, 0.717) is 5.02 Å². The summed E-state index contributed by atoms with van der Waals surface area (Å²) in [5.41, 5.74) is 0.995. The highest BCUT2D eigenvalue weighted by molar-refractivity contribution is 6.30. The van der Waals surface area contributed by atoms with Crippen molar-refractivity contribution in [3.8, 4) is 0 Å². The Balaban J connectivity index is 3.03. The van der Waals surface area contributed by atoms with E-state index in [0.717, 1.165) is 5.69 Å². The van der Waals surface area contributed by atoms with Crippen molar-refractivity contribution in [2.75, 3.05) is 0 Å².